The molecule has 0 unspecified atom stereocenters. The highest BCUT2D eigenvalue weighted by atomic mass is 16.6. The van der Waals surface area contributed by atoms with Crippen LogP contribution in [0.1, 0.15) is 12.5 Å². The lowest BCUT2D eigenvalue weighted by Gasteiger charge is -2.26. The van der Waals surface area contributed by atoms with E-state index in [0.717, 1.165) is 4.90 Å². The second-order valence-electron chi connectivity index (χ2n) is 5.73. The first-order valence-electron chi connectivity index (χ1n) is 8.29. The van der Waals surface area contributed by atoms with E-state index in [9.17, 15) is 24.5 Å². The van der Waals surface area contributed by atoms with Gasteiger partial charge in [0.05, 0.1) is 17.2 Å². The van der Waals surface area contributed by atoms with Crippen LogP contribution in [-0.4, -0.2) is 29.4 Å². The molecule has 0 atom stereocenters. The molecule has 3 rings (SSSR count). The summed E-state index contributed by atoms with van der Waals surface area (Å²) in [6, 6.07) is 10.7. The third kappa shape index (κ3) is 3.73. The van der Waals surface area contributed by atoms with Crippen LogP contribution in [0.2, 0.25) is 0 Å². The molecule has 9 nitrogen and oxygen atoms in total. The fourth-order valence-electron chi connectivity index (χ4n) is 2.61. The number of carbonyl (C=O) groups excluding carboxylic acids is 3. The van der Waals surface area contributed by atoms with Gasteiger partial charge in [-0.25, -0.2) is 9.69 Å². The average molecular weight is 381 g/mol. The van der Waals surface area contributed by atoms with Crippen molar-refractivity contribution in [2.24, 2.45) is 0 Å². The molecule has 1 aliphatic rings. The number of rotatable bonds is 5. The summed E-state index contributed by atoms with van der Waals surface area (Å²) in [4.78, 5) is 48.1. The maximum absolute atomic E-state index is 12.8. The van der Waals surface area contributed by atoms with Crippen LogP contribution in [0.4, 0.5) is 16.2 Å². The lowest BCUT2D eigenvalue weighted by Crippen LogP contribution is -2.54. The number of nitrogens with one attached hydrogen (secondary N) is 1. The Morgan fingerprint density at radius 1 is 1.07 bits per heavy atom. The van der Waals surface area contributed by atoms with Crippen molar-refractivity contribution in [2.45, 2.75) is 6.92 Å². The van der Waals surface area contributed by atoms with E-state index in [1.54, 1.807) is 12.1 Å². The predicted molar refractivity (Wildman–Crippen MR) is 99.7 cm³/mol. The van der Waals surface area contributed by atoms with Crippen molar-refractivity contribution in [3.05, 3.63) is 69.8 Å². The van der Waals surface area contributed by atoms with Gasteiger partial charge < -0.3 is 4.74 Å². The Hall–Kier alpha value is -4.01. The van der Waals surface area contributed by atoms with Crippen LogP contribution in [0, 0.1) is 10.1 Å². The van der Waals surface area contributed by atoms with E-state index in [2.05, 4.69) is 5.32 Å². The number of hydrogen-bond donors (Lipinski definition) is 1. The molecule has 28 heavy (non-hydrogen) atoms. The molecule has 142 valence electrons. The summed E-state index contributed by atoms with van der Waals surface area (Å²) in [7, 11) is 0. The molecular formula is C19H15N3O6. The fraction of sp³-hybridized carbons (Fsp3) is 0.105. The normalized spacial score (nSPS) is 15.5. The number of amides is 4. The van der Waals surface area contributed by atoms with E-state index in [4.69, 9.17) is 4.74 Å². The number of imide groups is 2. The molecule has 9 heteroatoms. The zero-order valence-corrected chi connectivity index (χ0v) is 14.7. The topological polar surface area (TPSA) is 119 Å². The van der Waals surface area contributed by atoms with E-state index in [0.29, 0.717) is 17.9 Å². The quantitative estimate of drug-likeness (QED) is 0.368. The Kier molecular flexibility index (Phi) is 5.16. The van der Waals surface area contributed by atoms with E-state index >= 15 is 0 Å². The molecule has 1 aliphatic heterocycles. The van der Waals surface area contributed by atoms with Crippen molar-refractivity contribution >= 4 is 35.3 Å². The number of urea groups is 1. The van der Waals surface area contributed by atoms with Gasteiger partial charge in [-0.05, 0) is 55.0 Å². The molecular weight excluding hydrogens is 366 g/mol. The van der Waals surface area contributed by atoms with Gasteiger partial charge in [-0.2, -0.15) is 0 Å². The number of barbiturate groups is 1. The van der Waals surface area contributed by atoms with Crippen LogP contribution in [0.3, 0.4) is 0 Å². The number of ether oxygens (including phenoxy) is 1. The van der Waals surface area contributed by atoms with Crippen LogP contribution >= 0.6 is 0 Å². The summed E-state index contributed by atoms with van der Waals surface area (Å²) in [6.45, 7) is 2.30. The number of nitro groups is 1. The second-order valence-corrected chi connectivity index (χ2v) is 5.73. The molecule has 0 aromatic heterocycles. The first-order valence-corrected chi connectivity index (χ1v) is 8.29. The smallest absolute Gasteiger partial charge is 0.335 e. The summed E-state index contributed by atoms with van der Waals surface area (Å²) >= 11 is 0. The molecule has 1 saturated heterocycles. The van der Waals surface area contributed by atoms with Gasteiger partial charge in [0.25, 0.3) is 17.5 Å². The number of hydrogen-bond acceptors (Lipinski definition) is 6. The highest BCUT2D eigenvalue weighted by Gasteiger charge is 2.36. The summed E-state index contributed by atoms with van der Waals surface area (Å²) in [5, 5.41) is 12.8. The van der Waals surface area contributed by atoms with Crippen molar-refractivity contribution in [3.63, 3.8) is 0 Å². The standard InChI is InChI=1S/C19H15N3O6/c1-2-28-15-9-7-13(8-10-15)21-18(24)16(17(23)20-19(21)25)11-12-3-5-14(6-4-12)22(26)27/h3-11H,2H2,1H3,(H,20,23,25)/b16-11-. The van der Waals surface area contributed by atoms with Gasteiger partial charge in [0.2, 0.25) is 0 Å². The lowest BCUT2D eigenvalue weighted by atomic mass is 10.1. The van der Waals surface area contributed by atoms with Gasteiger partial charge in [0.15, 0.2) is 0 Å². The van der Waals surface area contributed by atoms with Crippen molar-refractivity contribution in [2.75, 3.05) is 11.5 Å². The minimum Gasteiger partial charge on any atom is -0.494 e. The van der Waals surface area contributed by atoms with Crippen molar-refractivity contribution in [1.29, 1.82) is 0 Å². The van der Waals surface area contributed by atoms with E-state index in [-0.39, 0.29) is 16.9 Å². The molecule has 0 spiro atoms. The predicted octanol–water partition coefficient (Wildman–Crippen LogP) is 2.66. The number of anilines is 1. The zero-order valence-electron chi connectivity index (χ0n) is 14.7. The highest BCUT2D eigenvalue weighted by molar-refractivity contribution is 6.39. The number of carbonyl (C=O) groups is 3. The lowest BCUT2D eigenvalue weighted by molar-refractivity contribution is -0.384. The molecule has 0 bridgehead atoms. The van der Waals surface area contributed by atoms with Crippen LogP contribution in [0.15, 0.2) is 54.1 Å². The molecule has 1 N–H and O–H groups in total. The number of nitrogens with zero attached hydrogens (tertiary/aromatic N) is 2. The third-order valence-corrected chi connectivity index (χ3v) is 3.92. The van der Waals surface area contributed by atoms with Gasteiger partial charge in [0.1, 0.15) is 11.3 Å². The molecule has 0 radical (unpaired) electrons. The van der Waals surface area contributed by atoms with Crippen LogP contribution < -0.4 is 15.0 Å². The Morgan fingerprint density at radius 2 is 1.71 bits per heavy atom. The van der Waals surface area contributed by atoms with Crippen molar-refractivity contribution in [1.82, 2.24) is 5.32 Å². The Balaban J connectivity index is 1.92. The van der Waals surface area contributed by atoms with E-state index in [1.165, 1.54) is 42.5 Å². The largest absolute Gasteiger partial charge is 0.494 e. The number of nitro benzene ring substituents is 1. The van der Waals surface area contributed by atoms with Crippen LogP contribution in [0.5, 0.6) is 5.75 Å². The van der Waals surface area contributed by atoms with Crippen LogP contribution in [-0.2, 0) is 9.59 Å². The molecule has 2 aromatic rings. The SMILES string of the molecule is CCOc1ccc(N2C(=O)NC(=O)/C(=C/c3ccc([N+](=O)[O-])cc3)C2=O)cc1. The van der Waals surface area contributed by atoms with Gasteiger partial charge in [-0.3, -0.25) is 25.0 Å². The van der Waals surface area contributed by atoms with E-state index < -0.39 is 22.8 Å². The second kappa shape index (κ2) is 7.70. The van der Waals surface area contributed by atoms with Crippen molar-refractivity contribution in [3.8, 4) is 5.75 Å². The maximum atomic E-state index is 12.8. The Morgan fingerprint density at radius 3 is 2.29 bits per heavy atom. The average Bonchev–Trinajstić information content (AvgIpc) is 2.67. The molecule has 1 heterocycles. The van der Waals surface area contributed by atoms with Gasteiger partial charge >= 0.3 is 6.03 Å². The van der Waals surface area contributed by atoms with Crippen molar-refractivity contribution < 1.29 is 24.0 Å². The summed E-state index contributed by atoms with van der Waals surface area (Å²) in [5.41, 5.74) is 0.299. The van der Waals surface area contributed by atoms with Gasteiger partial charge in [0, 0.05) is 12.1 Å². The van der Waals surface area contributed by atoms with E-state index in [1.807, 2.05) is 6.92 Å². The maximum Gasteiger partial charge on any atom is 0.335 e. The monoisotopic (exact) mass is 381 g/mol. The van der Waals surface area contributed by atoms with Gasteiger partial charge in [-0.1, -0.05) is 0 Å². The van der Waals surface area contributed by atoms with Gasteiger partial charge in [-0.15, -0.1) is 0 Å². The summed E-state index contributed by atoms with van der Waals surface area (Å²) in [5.74, 6) is -1.05. The third-order valence-electron chi connectivity index (χ3n) is 3.92. The molecule has 0 saturated carbocycles. The molecule has 1 fully saturated rings. The highest BCUT2D eigenvalue weighted by Crippen LogP contribution is 2.24. The molecule has 4 amide bonds. The summed E-state index contributed by atoms with van der Waals surface area (Å²) in [6.07, 6.45) is 1.27. The summed E-state index contributed by atoms with van der Waals surface area (Å²) < 4.78 is 5.33. The minimum atomic E-state index is -0.861. The number of benzene rings is 2. The Bertz CT molecular complexity index is 980. The molecule has 0 aliphatic carbocycles. The number of non-ortho nitro benzene ring substituents is 1. The minimum absolute atomic E-state index is 0.118. The first kappa shape index (κ1) is 18.8. The van der Waals surface area contributed by atoms with Crippen LogP contribution in [0.25, 0.3) is 6.08 Å². The molecule has 2 aromatic carbocycles. The zero-order chi connectivity index (χ0) is 20.3. The fourth-order valence-corrected chi connectivity index (χ4v) is 2.61. The first-order chi connectivity index (χ1) is 13.4. The Labute approximate surface area is 159 Å².